The number of carbonyl (C=O) groups is 2. The van der Waals surface area contributed by atoms with Crippen LogP contribution in [0.2, 0.25) is 0 Å². The average molecular weight is 457 g/mol. The summed E-state index contributed by atoms with van der Waals surface area (Å²) in [5.41, 5.74) is 1.36. The first-order valence-corrected chi connectivity index (χ1v) is 9.38. The number of carbonyl (C=O) groups excluding carboxylic acids is 2. The summed E-state index contributed by atoms with van der Waals surface area (Å²) < 4.78 is 6.88. The summed E-state index contributed by atoms with van der Waals surface area (Å²) in [6.45, 7) is 0. The number of halogens is 2. The number of ketones is 1. The number of hydroxylamine groups is 2. The van der Waals surface area contributed by atoms with Crippen molar-refractivity contribution in [3.8, 4) is 0 Å². The lowest BCUT2D eigenvalue weighted by atomic mass is 9.67. The minimum atomic E-state index is -0.605. The van der Waals surface area contributed by atoms with Crippen molar-refractivity contribution in [1.29, 1.82) is 0 Å². The van der Waals surface area contributed by atoms with Gasteiger partial charge in [0.25, 0.3) is 0 Å². The van der Waals surface area contributed by atoms with E-state index >= 15 is 0 Å². The summed E-state index contributed by atoms with van der Waals surface area (Å²) in [4.78, 5) is 28.9. The third kappa shape index (κ3) is 2.14. The highest BCUT2D eigenvalue weighted by Crippen LogP contribution is 2.60. The van der Waals surface area contributed by atoms with E-state index in [0.717, 1.165) is 33.6 Å². The summed E-state index contributed by atoms with van der Waals surface area (Å²) in [7, 11) is 1.58. The van der Waals surface area contributed by atoms with E-state index in [-0.39, 0.29) is 16.5 Å². The number of hydrogen-bond acceptors (Lipinski definition) is 5. The van der Waals surface area contributed by atoms with Gasteiger partial charge in [-0.05, 0) is 40.1 Å². The molecule has 2 aliphatic heterocycles. The fourth-order valence-electron chi connectivity index (χ4n) is 3.90. The second-order valence-corrected chi connectivity index (χ2v) is 8.08. The van der Waals surface area contributed by atoms with Crippen molar-refractivity contribution in [2.24, 2.45) is 11.3 Å². The standard InChI is InChI=1S/C17H15Br2NO4/c1-23-20-3-2-17-7-12(22)11(18)6-14(17)24-13-5-9(8-21)4-10(15(13)17)16(20)19/h2-3,6,8-9,11H,4-5,7H2,1H3/t9-,11+,17+/m1/s1. The molecule has 24 heavy (non-hydrogen) atoms. The van der Waals surface area contributed by atoms with Crippen LogP contribution < -0.4 is 0 Å². The second-order valence-electron chi connectivity index (χ2n) is 6.35. The van der Waals surface area contributed by atoms with Crippen molar-refractivity contribution in [3.63, 3.8) is 0 Å². The van der Waals surface area contributed by atoms with Gasteiger partial charge >= 0.3 is 0 Å². The largest absolute Gasteiger partial charge is 0.465 e. The molecule has 1 spiro atoms. The van der Waals surface area contributed by atoms with E-state index in [4.69, 9.17) is 9.57 Å². The highest BCUT2D eigenvalue weighted by atomic mass is 79.9. The minimum Gasteiger partial charge on any atom is -0.465 e. The summed E-state index contributed by atoms with van der Waals surface area (Å²) >= 11 is 6.99. The van der Waals surface area contributed by atoms with Crippen molar-refractivity contribution >= 4 is 43.9 Å². The number of aldehydes is 1. The number of rotatable bonds is 2. The predicted molar refractivity (Wildman–Crippen MR) is 93.7 cm³/mol. The first-order valence-electron chi connectivity index (χ1n) is 7.67. The van der Waals surface area contributed by atoms with Crippen LogP contribution in [0.15, 0.2) is 45.6 Å². The molecule has 0 fully saturated rings. The Balaban J connectivity index is 1.97. The molecule has 0 aromatic carbocycles. The SMILES string of the molecule is CON1C=C[C@]23CC(=O)[C@@H](Br)C=C2OC2=C3C(=C1Br)C[C@@H](C=O)C2. The van der Waals surface area contributed by atoms with Gasteiger partial charge in [-0.1, -0.05) is 15.9 Å². The molecule has 0 bridgehead atoms. The van der Waals surface area contributed by atoms with Crippen molar-refractivity contribution in [2.75, 3.05) is 7.11 Å². The Labute approximate surface area is 156 Å². The van der Waals surface area contributed by atoms with Crippen LogP contribution in [0.5, 0.6) is 0 Å². The van der Waals surface area contributed by atoms with Gasteiger partial charge in [0.05, 0.1) is 17.4 Å². The number of hydrogen-bond donors (Lipinski definition) is 0. The Morgan fingerprint density at radius 2 is 2.25 bits per heavy atom. The molecular formula is C17H15Br2NO4. The Hall–Kier alpha value is -1.18. The Kier molecular flexibility index (Phi) is 3.85. The maximum absolute atomic E-state index is 12.4. The number of ether oxygens (including phenoxy) is 1. The highest BCUT2D eigenvalue weighted by molar-refractivity contribution is 9.11. The zero-order valence-corrected chi connectivity index (χ0v) is 16.1. The molecule has 0 unspecified atom stereocenters. The summed E-state index contributed by atoms with van der Waals surface area (Å²) in [5, 5.41) is 1.61. The lowest BCUT2D eigenvalue weighted by Crippen LogP contribution is -2.33. The molecule has 0 saturated heterocycles. The Morgan fingerprint density at radius 1 is 1.46 bits per heavy atom. The van der Waals surface area contributed by atoms with Crippen molar-refractivity contribution in [1.82, 2.24) is 5.06 Å². The average Bonchev–Trinajstić information content (AvgIpc) is 2.81. The molecule has 0 saturated carbocycles. The van der Waals surface area contributed by atoms with Crippen LogP contribution in [0, 0.1) is 11.3 Å². The van der Waals surface area contributed by atoms with Gasteiger partial charge in [-0.2, -0.15) is 0 Å². The summed E-state index contributed by atoms with van der Waals surface area (Å²) in [5.74, 6) is 1.51. The van der Waals surface area contributed by atoms with Crippen LogP contribution in [-0.2, 0) is 19.2 Å². The van der Waals surface area contributed by atoms with E-state index in [9.17, 15) is 9.59 Å². The van der Waals surface area contributed by atoms with E-state index in [0.29, 0.717) is 19.3 Å². The van der Waals surface area contributed by atoms with E-state index in [1.807, 2.05) is 12.2 Å². The Bertz CT molecular complexity index is 767. The molecule has 0 aromatic heterocycles. The van der Waals surface area contributed by atoms with Gasteiger partial charge in [0.1, 0.15) is 22.4 Å². The van der Waals surface area contributed by atoms with Gasteiger partial charge in [0.2, 0.25) is 0 Å². The lowest BCUT2D eigenvalue weighted by Gasteiger charge is -2.33. The van der Waals surface area contributed by atoms with Gasteiger partial charge in [-0.3, -0.25) is 9.63 Å². The third-order valence-electron chi connectivity index (χ3n) is 5.00. The van der Waals surface area contributed by atoms with E-state index in [1.54, 1.807) is 18.4 Å². The number of allylic oxidation sites excluding steroid dienone is 4. The van der Waals surface area contributed by atoms with E-state index < -0.39 is 5.41 Å². The zero-order chi connectivity index (χ0) is 17.1. The maximum Gasteiger partial charge on any atom is 0.152 e. The lowest BCUT2D eigenvalue weighted by molar-refractivity contribution is -0.119. The van der Waals surface area contributed by atoms with E-state index in [2.05, 4.69) is 31.9 Å². The monoisotopic (exact) mass is 455 g/mol. The van der Waals surface area contributed by atoms with Crippen LogP contribution in [0.3, 0.4) is 0 Å². The molecule has 126 valence electrons. The first kappa shape index (κ1) is 16.3. The van der Waals surface area contributed by atoms with Gasteiger partial charge in [-0.25, -0.2) is 5.06 Å². The number of nitrogens with zero attached hydrogens (tertiary/aromatic N) is 1. The van der Waals surface area contributed by atoms with Gasteiger partial charge in [0.15, 0.2) is 5.78 Å². The summed E-state index contributed by atoms with van der Waals surface area (Å²) in [6.07, 6.45) is 8.06. The van der Waals surface area contributed by atoms with E-state index in [1.165, 1.54) is 0 Å². The molecule has 7 heteroatoms. The predicted octanol–water partition coefficient (Wildman–Crippen LogP) is 3.48. The molecule has 5 nitrogen and oxygen atoms in total. The molecule has 4 rings (SSSR count). The molecule has 2 heterocycles. The fraction of sp³-hybridized carbons (Fsp3) is 0.412. The summed E-state index contributed by atoms with van der Waals surface area (Å²) in [6, 6.07) is 0. The maximum atomic E-state index is 12.4. The smallest absolute Gasteiger partial charge is 0.152 e. The van der Waals surface area contributed by atoms with Crippen LogP contribution >= 0.6 is 31.9 Å². The molecular weight excluding hydrogens is 442 g/mol. The third-order valence-corrected chi connectivity index (χ3v) is 6.60. The van der Waals surface area contributed by atoms with Gasteiger partial charge in [0, 0.05) is 30.5 Å². The van der Waals surface area contributed by atoms with Crippen molar-refractivity contribution in [3.05, 3.63) is 45.6 Å². The molecule has 4 aliphatic rings. The molecule has 0 aromatic rings. The quantitative estimate of drug-likeness (QED) is 0.361. The van der Waals surface area contributed by atoms with Gasteiger partial charge in [-0.15, -0.1) is 0 Å². The van der Waals surface area contributed by atoms with Crippen LogP contribution in [0.4, 0.5) is 0 Å². The van der Waals surface area contributed by atoms with Crippen LogP contribution in [0.25, 0.3) is 0 Å². The minimum absolute atomic E-state index is 0.111. The highest BCUT2D eigenvalue weighted by Gasteiger charge is 2.54. The normalized spacial score (nSPS) is 34.5. The van der Waals surface area contributed by atoms with Crippen LogP contribution in [0.1, 0.15) is 19.3 Å². The molecule has 2 aliphatic carbocycles. The fourth-order valence-corrected chi connectivity index (χ4v) is 4.93. The molecule has 0 amide bonds. The number of alkyl halides is 1. The zero-order valence-electron chi connectivity index (χ0n) is 12.9. The second kappa shape index (κ2) is 5.68. The van der Waals surface area contributed by atoms with Crippen molar-refractivity contribution < 1.29 is 19.2 Å². The topological polar surface area (TPSA) is 55.8 Å². The van der Waals surface area contributed by atoms with Crippen LogP contribution in [-0.4, -0.2) is 29.1 Å². The Morgan fingerprint density at radius 3 is 2.96 bits per heavy atom. The molecule has 3 atom stereocenters. The molecule has 0 N–H and O–H groups in total. The van der Waals surface area contributed by atoms with Gasteiger partial charge < -0.3 is 9.53 Å². The molecule has 0 radical (unpaired) electrons. The van der Waals surface area contributed by atoms with Crippen molar-refractivity contribution in [2.45, 2.75) is 24.1 Å². The first-order chi connectivity index (χ1) is 11.5. The number of Topliss-reactive ketones (excluding diaryl/α,β-unsaturated/α-hetero) is 1.